The molecule has 0 radical (unpaired) electrons. The Labute approximate surface area is 133 Å². The maximum absolute atomic E-state index is 11.7. The monoisotopic (exact) mass is 322 g/mol. The molecule has 0 atom stereocenters. The van der Waals surface area contributed by atoms with Crippen molar-refractivity contribution in [3.8, 4) is 0 Å². The Hall–Kier alpha value is -1.82. The van der Waals surface area contributed by atoms with E-state index in [0.717, 1.165) is 24.2 Å². The lowest BCUT2D eigenvalue weighted by Gasteiger charge is -2.35. The van der Waals surface area contributed by atoms with E-state index in [9.17, 15) is 4.79 Å². The first-order valence-corrected chi connectivity index (χ1v) is 7.68. The van der Waals surface area contributed by atoms with Crippen molar-refractivity contribution in [2.24, 2.45) is 0 Å². The van der Waals surface area contributed by atoms with Crippen LogP contribution in [-0.4, -0.2) is 32.1 Å². The number of amides is 1. The molecule has 0 aliphatic heterocycles. The SMILES string of the molecule is CC(C)(C)OC(=O)NC1CC(c2ncc3c(Cl)nccn23)C1. The number of hydrogen-bond acceptors (Lipinski definition) is 4. The number of rotatable bonds is 2. The second kappa shape index (κ2) is 5.43. The zero-order chi connectivity index (χ0) is 15.9. The third-order valence-corrected chi connectivity index (χ3v) is 3.96. The average Bonchev–Trinajstić information content (AvgIpc) is 2.76. The summed E-state index contributed by atoms with van der Waals surface area (Å²) in [5.41, 5.74) is 0.332. The first-order valence-electron chi connectivity index (χ1n) is 7.30. The van der Waals surface area contributed by atoms with Crippen molar-refractivity contribution < 1.29 is 9.53 Å². The van der Waals surface area contributed by atoms with Crippen molar-refractivity contribution in [3.63, 3.8) is 0 Å². The van der Waals surface area contributed by atoms with Crippen LogP contribution in [0, 0.1) is 0 Å². The van der Waals surface area contributed by atoms with Gasteiger partial charge in [-0.3, -0.25) is 4.40 Å². The van der Waals surface area contributed by atoms with E-state index in [-0.39, 0.29) is 12.1 Å². The minimum Gasteiger partial charge on any atom is -0.444 e. The van der Waals surface area contributed by atoms with Gasteiger partial charge >= 0.3 is 6.09 Å². The molecule has 22 heavy (non-hydrogen) atoms. The fourth-order valence-electron chi connectivity index (χ4n) is 2.64. The van der Waals surface area contributed by atoms with Crippen molar-refractivity contribution in [2.45, 2.75) is 51.2 Å². The summed E-state index contributed by atoms with van der Waals surface area (Å²) in [6.07, 6.45) is 6.58. The van der Waals surface area contributed by atoms with Crippen LogP contribution in [0.2, 0.25) is 5.15 Å². The maximum Gasteiger partial charge on any atom is 0.407 e. The molecule has 0 bridgehead atoms. The predicted molar refractivity (Wildman–Crippen MR) is 83.1 cm³/mol. The third-order valence-electron chi connectivity index (χ3n) is 3.66. The Morgan fingerprint density at radius 2 is 2.14 bits per heavy atom. The van der Waals surface area contributed by atoms with Gasteiger partial charge in [0.2, 0.25) is 0 Å². The first-order chi connectivity index (χ1) is 10.3. The molecule has 1 amide bonds. The van der Waals surface area contributed by atoms with Gasteiger partial charge in [0, 0.05) is 24.4 Å². The van der Waals surface area contributed by atoms with Gasteiger partial charge in [0.15, 0.2) is 5.15 Å². The summed E-state index contributed by atoms with van der Waals surface area (Å²) in [5, 5.41) is 3.34. The molecule has 0 aromatic carbocycles. The minimum atomic E-state index is -0.476. The molecule has 2 aromatic rings. The molecule has 2 heterocycles. The highest BCUT2D eigenvalue weighted by molar-refractivity contribution is 6.32. The van der Waals surface area contributed by atoms with Gasteiger partial charge in [-0.15, -0.1) is 0 Å². The largest absolute Gasteiger partial charge is 0.444 e. The van der Waals surface area contributed by atoms with Crippen LogP contribution in [0.1, 0.15) is 45.4 Å². The molecule has 0 spiro atoms. The highest BCUT2D eigenvalue weighted by atomic mass is 35.5. The fraction of sp³-hybridized carbons (Fsp3) is 0.533. The van der Waals surface area contributed by atoms with E-state index in [2.05, 4.69) is 15.3 Å². The Kier molecular flexibility index (Phi) is 3.72. The first kappa shape index (κ1) is 15.1. The maximum atomic E-state index is 11.7. The predicted octanol–water partition coefficient (Wildman–Crippen LogP) is 3.15. The number of carbonyl (C=O) groups is 1. The van der Waals surface area contributed by atoms with E-state index in [4.69, 9.17) is 16.3 Å². The molecule has 118 valence electrons. The van der Waals surface area contributed by atoms with Crippen molar-refractivity contribution in [2.75, 3.05) is 0 Å². The van der Waals surface area contributed by atoms with Crippen LogP contribution in [0.15, 0.2) is 18.6 Å². The van der Waals surface area contributed by atoms with Crippen molar-refractivity contribution in [3.05, 3.63) is 29.6 Å². The molecule has 0 saturated heterocycles. The summed E-state index contributed by atoms with van der Waals surface area (Å²) in [6, 6.07) is 0.129. The van der Waals surface area contributed by atoms with Crippen LogP contribution in [0.5, 0.6) is 0 Å². The Morgan fingerprint density at radius 1 is 1.41 bits per heavy atom. The van der Waals surface area contributed by atoms with Gasteiger partial charge in [0.1, 0.15) is 16.9 Å². The number of carbonyl (C=O) groups excluding carboxylic acids is 1. The molecule has 1 N–H and O–H groups in total. The molecule has 1 aliphatic rings. The Morgan fingerprint density at radius 3 is 2.82 bits per heavy atom. The summed E-state index contributed by atoms with van der Waals surface area (Å²) in [7, 11) is 0. The Bertz CT molecular complexity index is 701. The summed E-state index contributed by atoms with van der Waals surface area (Å²) >= 11 is 6.05. The molecule has 2 aromatic heterocycles. The number of fused-ring (bicyclic) bond motifs is 1. The van der Waals surface area contributed by atoms with Crippen LogP contribution in [0.3, 0.4) is 0 Å². The molecule has 7 heteroatoms. The van der Waals surface area contributed by atoms with Crippen LogP contribution >= 0.6 is 11.6 Å². The van der Waals surface area contributed by atoms with Gasteiger partial charge in [-0.05, 0) is 33.6 Å². The second-order valence-corrected chi connectivity index (χ2v) is 6.96. The van der Waals surface area contributed by atoms with Gasteiger partial charge in [-0.2, -0.15) is 0 Å². The standard InChI is InChI=1S/C15H19ClN4O2/c1-15(2,3)22-14(21)19-10-6-9(7-10)13-18-8-11-12(16)17-4-5-20(11)13/h4-5,8-10H,6-7H2,1-3H3,(H,19,21). The van der Waals surface area contributed by atoms with Gasteiger partial charge in [0.05, 0.1) is 6.20 Å². The van der Waals surface area contributed by atoms with Gasteiger partial charge < -0.3 is 10.1 Å². The van der Waals surface area contributed by atoms with E-state index >= 15 is 0 Å². The van der Waals surface area contributed by atoms with Gasteiger partial charge in [-0.25, -0.2) is 14.8 Å². The van der Waals surface area contributed by atoms with E-state index in [1.165, 1.54) is 0 Å². The lowest BCUT2D eigenvalue weighted by molar-refractivity contribution is 0.0469. The van der Waals surface area contributed by atoms with Crippen LogP contribution in [0.4, 0.5) is 4.79 Å². The van der Waals surface area contributed by atoms with Crippen LogP contribution in [0.25, 0.3) is 5.52 Å². The van der Waals surface area contributed by atoms with Crippen LogP contribution in [-0.2, 0) is 4.74 Å². The zero-order valence-electron chi connectivity index (χ0n) is 12.8. The fourth-order valence-corrected chi connectivity index (χ4v) is 2.84. The van der Waals surface area contributed by atoms with Crippen molar-refractivity contribution >= 4 is 23.2 Å². The van der Waals surface area contributed by atoms with E-state index in [0.29, 0.717) is 11.1 Å². The topological polar surface area (TPSA) is 68.5 Å². The number of nitrogens with one attached hydrogen (secondary N) is 1. The molecule has 0 unspecified atom stereocenters. The minimum absolute atomic E-state index is 0.129. The number of halogens is 1. The van der Waals surface area contributed by atoms with E-state index < -0.39 is 5.60 Å². The summed E-state index contributed by atoms with van der Waals surface area (Å²) in [4.78, 5) is 20.2. The van der Waals surface area contributed by atoms with E-state index in [1.807, 2.05) is 31.4 Å². The molecular weight excluding hydrogens is 304 g/mol. The third kappa shape index (κ3) is 3.02. The number of hydrogen-bond donors (Lipinski definition) is 1. The molecule has 3 rings (SSSR count). The average molecular weight is 323 g/mol. The highest BCUT2D eigenvalue weighted by Gasteiger charge is 2.35. The molecular formula is C15H19ClN4O2. The normalized spacial score (nSPS) is 21.5. The summed E-state index contributed by atoms with van der Waals surface area (Å²) in [5.74, 6) is 1.27. The van der Waals surface area contributed by atoms with Crippen molar-refractivity contribution in [1.82, 2.24) is 19.7 Å². The molecule has 6 nitrogen and oxygen atoms in total. The molecule has 1 fully saturated rings. The quantitative estimate of drug-likeness (QED) is 0.922. The zero-order valence-corrected chi connectivity index (χ0v) is 13.6. The highest BCUT2D eigenvalue weighted by Crippen LogP contribution is 2.37. The lowest BCUT2D eigenvalue weighted by Crippen LogP contribution is -2.45. The Balaban J connectivity index is 1.61. The molecule has 1 saturated carbocycles. The smallest absolute Gasteiger partial charge is 0.407 e. The van der Waals surface area contributed by atoms with Gasteiger partial charge in [0.25, 0.3) is 0 Å². The van der Waals surface area contributed by atoms with Crippen LogP contribution < -0.4 is 5.32 Å². The lowest BCUT2D eigenvalue weighted by atomic mass is 9.80. The number of imidazole rings is 1. The van der Waals surface area contributed by atoms with E-state index in [1.54, 1.807) is 12.4 Å². The summed E-state index contributed by atoms with van der Waals surface area (Å²) in [6.45, 7) is 5.56. The number of nitrogens with zero attached hydrogens (tertiary/aromatic N) is 3. The summed E-state index contributed by atoms with van der Waals surface area (Å²) < 4.78 is 7.22. The number of ether oxygens (including phenoxy) is 1. The van der Waals surface area contributed by atoms with Crippen molar-refractivity contribution in [1.29, 1.82) is 0 Å². The second-order valence-electron chi connectivity index (χ2n) is 6.60. The van der Waals surface area contributed by atoms with Gasteiger partial charge in [-0.1, -0.05) is 11.6 Å². The number of aromatic nitrogens is 3. The number of alkyl carbamates (subject to hydrolysis) is 1. The molecule has 1 aliphatic carbocycles.